The maximum atomic E-state index is 13.2. The minimum absolute atomic E-state index is 0.0198. The van der Waals surface area contributed by atoms with E-state index in [4.69, 9.17) is 26.8 Å². The molecular weight excluding hydrogens is 604 g/mol. The van der Waals surface area contributed by atoms with E-state index in [0.717, 1.165) is 28.0 Å². The van der Waals surface area contributed by atoms with Crippen LogP contribution in [0.25, 0.3) is 5.57 Å². The van der Waals surface area contributed by atoms with Gasteiger partial charge in [-0.15, -0.1) is 0 Å². The zero-order valence-corrected chi connectivity index (χ0v) is 29.4. The van der Waals surface area contributed by atoms with Crippen LogP contribution in [0.3, 0.4) is 0 Å². The number of halogens is 1. The fourth-order valence-electron chi connectivity index (χ4n) is 5.33. The highest BCUT2D eigenvalue weighted by Crippen LogP contribution is 2.43. The number of amides is 2. The Morgan fingerprint density at radius 1 is 1.15 bits per heavy atom. The molecule has 46 heavy (non-hydrogen) atoms. The van der Waals surface area contributed by atoms with Crippen molar-refractivity contribution in [1.29, 1.82) is 0 Å². The Bertz CT molecular complexity index is 1420. The van der Waals surface area contributed by atoms with Gasteiger partial charge in [-0.2, -0.15) is 0 Å². The van der Waals surface area contributed by atoms with Crippen molar-refractivity contribution in [2.45, 2.75) is 78.2 Å². The van der Waals surface area contributed by atoms with E-state index in [-0.39, 0.29) is 24.6 Å². The number of imidazole rings is 1. The summed E-state index contributed by atoms with van der Waals surface area (Å²) in [6, 6.07) is 5.45. The first-order chi connectivity index (χ1) is 21.5. The predicted molar refractivity (Wildman–Crippen MR) is 184 cm³/mol. The number of hydrogen-bond donors (Lipinski definition) is 2. The highest BCUT2D eigenvalue weighted by molar-refractivity contribution is 6.30. The lowest BCUT2D eigenvalue weighted by molar-refractivity contribution is -0.131. The minimum atomic E-state index is -0.535. The molecule has 0 bridgehead atoms. The Hall–Kier alpha value is -3.60. The number of benzene rings is 1. The fourth-order valence-corrected chi connectivity index (χ4v) is 5.50. The van der Waals surface area contributed by atoms with Crippen molar-refractivity contribution in [3.63, 3.8) is 0 Å². The molecule has 0 unspecified atom stereocenters. The molecule has 1 aliphatic heterocycles. The molecule has 0 spiro atoms. The highest BCUT2D eigenvalue weighted by atomic mass is 35.5. The Balaban J connectivity index is 0.00000136. The molecular formula is C35H51ClN6O4. The maximum absolute atomic E-state index is 13.2. The van der Waals surface area contributed by atoms with E-state index in [0.29, 0.717) is 37.6 Å². The largest absolute Gasteiger partial charge is 0.444 e. The summed E-state index contributed by atoms with van der Waals surface area (Å²) in [6.07, 6.45) is 9.24. The monoisotopic (exact) mass is 654 g/mol. The Morgan fingerprint density at radius 3 is 2.35 bits per heavy atom. The Kier molecular flexibility index (Phi) is 12.7. The van der Waals surface area contributed by atoms with Crippen molar-refractivity contribution in [3.8, 4) is 0 Å². The smallest absolute Gasteiger partial charge is 0.410 e. The molecule has 2 aliphatic rings. The van der Waals surface area contributed by atoms with Crippen molar-refractivity contribution in [2.75, 3.05) is 32.8 Å². The second-order valence-corrected chi connectivity index (χ2v) is 14.0. The van der Waals surface area contributed by atoms with Crippen molar-refractivity contribution in [3.05, 3.63) is 83.1 Å². The van der Waals surface area contributed by atoms with Gasteiger partial charge < -0.3 is 30.0 Å². The van der Waals surface area contributed by atoms with Gasteiger partial charge >= 0.3 is 6.09 Å². The third kappa shape index (κ3) is 10.5. The third-order valence-corrected chi connectivity index (χ3v) is 7.74. The molecule has 2 heterocycles. The molecule has 0 radical (unpaired) electrons. The molecule has 11 heteroatoms. The number of aryl methyl sites for hydroxylation is 1. The van der Waals surface area contributed by atoms with Gasteiger partial charge in [0.05, 0.1) is 29.9 Å². The minimum Gasteiger partial charge on any atom is -0.444 e. The average Bonchev–Trinajstić information content (AvgIpc) is 3.34. The zero-order chi connectivity index (χ0) is 34.2. The Labute approximate surface area is 279 Å². The summed E-state index contributed by atoms with van der Waals surface area (Å²) in [4.78, 5) is 34.4. The first kappa shape index (κ1) is 36.9. The van der Waals surface area contributed by atoms with Gasteiger partial charge in [0, 0.05) is 44.3 Å². The number of nitrogens with two attached hydrogens (primary N) is 1. The molecule has 2 amide bonds. The van der Waals surface area contributed by atoms with Gasteiger partial charge in [-0.05, 0) is 89.9 Å². The van der Waals surface area contributed by atoms with Crippen molar-refractivity contribution >= 4 is 29.2 Å². The summed E-state index contributed by atoms with van der Waals surface area (Å²) in [7, 11) is 1.91. The predicted octanol–water partition coefficient (Wildman–Crippen LogP) is 6.16. The van der Waals surface area contributed by atoms with Gasteiger partial charge in [-0.1, -0.05) is 42.0 Å². The number of piperazine rings is 1. The van der Waals surface area contributed by atoms with E-state index in [1.807, 2.05) is 72.2 Å². The first-order valence-corrected chi connectivity index (χ1v) is 16.0. The number of carbonyl (C=O) groups is 2. The quantitative estimate of drug-likeness (QED) is 0.383. The SMILES string of the molecule is C/C=C\N.C=C1C=C([C@@H](NC(=O)COC(C)(C)C)c2cncn2C)c2cc(Cl)ccc2[C@H](N2CCN(C(=O)OC(C)(C)C)CC2)C1. The van der Waals surface area contributed by atoms with Gasteiger partial charge in [0.2, 0.25) is 5.91 Å². The van der Waals surface area contributed by atoms with Gasteiger partial charge in [0.15, 0.2) is 0 Å². The molecule has 3 N–H and O–H groups in total. The number of carbonyl (C=O) groups excluding carboxylic acids is 2. The molecule has 1 fully saturated rings. The summed E-state index contributed by atoms with van der Waals surface area (Å²) in [5, 5.41) is 3.80. The summed E-state index contributed by atoms with van der Waals surface area (Å²) >= 11 is 6.59. The lowest BCUT2D eigenvalue weighted by Gasteiger charge is -2.40. The second-order valence-electron chi connectivity index (χ2n) is 13.6. The van der Waals surface area contributed by atoms with E-state index in [1.165, 1.54) is 6.20 Å². The maximum Gasteiger partial charge on any atom is 0.410 e. The van der Waals surface area contributed by atoms with Gasteiger partial charge in [0.25, 0.3) is 0 Å². The lowest BCUT2D eigenvalue weighted by atomic mass is 9.90. The van der Waals surface area contributed by atoms with Crippen LogP contribution in [0.15, 0.2) is 61.2 Å². The van der Waals surface area contributed by atoms with Crippen molar-refractivity contribution in [2.24, 2.45) is 12.8 Å². The van der Waals surface area contributed by atoms with Gasteiger partial charge in [-0.25, -0.2) is 9.78 Å². The van der Waals surface area contributed by atoms with Gasteiger partial charge in [0.1, 0.15) is 12.2 Å². The van der Waals surface area contributed by atoms with Gasteiger partial charge in [-0.3, -0.25) is 9.69 Å². The molecule has 4 rings (SSSR count). The van der Waals surface area contributed by atoms with Crippen LogP contribution in [-0.4, -0.2) is 75.3 Å². The van der Waals surface area contributed by atoms with E-state index in [2.05, 4.69) is 33.9 Å². The summed E-state index contributed by atoms with van der Waals surface area (Å²) in [6.45, 7) is 20.1. The molecule has 0 saturated carbocycles. The number of aromatic nitrogens is 2. The molecule has 1 aliphatic carbocycles. The van der Waals surface area contributed by atoms with Crippen LogP contribution >= 0.6 is 11.6 Å². The summed E-state index contributed by atoms with van der Waals surface area (Å²) in [5.74, 6) is -0.231. The van der Waals surface area contributed by atoms with E-state index in [9.17, 15) is 9.59 Å². The molecule has 1 aromatic heterocycles. The second kappa shape index (κ2) is 15.8. The van der Waals surface area contributed by atoms with Crippen LogP contribution in [0, 0.1) is 0 Å². The topological polar surface area (TPSA) is 115 Å². The van der Waals surface area contributed by atoms with Crippen LogP contribution in [0.1, 0.15) is 83.8 Å². The third-order valence-electron chi connectivity index (χ3n) is 7.50. The van der Waals surface area contributed by atoms with E-state index >= 15 is 0 Å². The Morgan fingerprint density at radius 2 is 1.80 bits per heavy atom. The number of fused-ring (bicyclic) bond motifs is 1. The molecule has 1 aromatic carbocycles. The van der Waals surface area contributed by atoms with Crippen LogP contribution in [0.2, 0.25) is 5.02 Å². The van der Waals surface area contributed by atoms with Crippen molar-refractivity contribution < 1.29 is 19.1 Å². The lowest BCUT2D eigenvalue weighted by Crippen LogP contribution is -2.50. The molecule has 2 atom stereocenters. The van der Waals surface area contributed by atoms with Crippen LogP contribution in [0.4, 0.5) is 4.79 Å². The first-order valence-electron chi connectivity index (χ1n) is 15.7. The fraction of sp³-hybridized carbons (Fsp3) is 0.514. The number of nitrogens with zero attached hydrogens (tertiary/aromatic N) is 4. The number of hydrogen-bond acceptors (Lipinski definition) is 7. The van der Waals surface area contributed by atoms with Crippen LogP contribution in [-0.2, 0) is 21.3 Å². The highest BCUT2D eigenvalue weighted by Gasteiger charge is 2.34. The standard InChI is InChI=1S/C32H44ClN5O4.C3H7N/c1-21-15-25(29(27-18-34-20-36(27)8)35-28(39)19-41-31(2,3)4)24-17-22(33)9-10-23(24)26(16-21)37-11-13-38(14-12-37)30(40)42-32(5,6)7;1-2-3-4/h9-10,15,17-18,20,26,29H,1,11-14,16,19H2,2-8H3,(H,35,39);2-3H,4H2,1H3/b;3-2-/t26-,29-;/m1./s1. The summed E-state index contributed by atoms with van der Waals surface area (Å²) in [5.41, 5.74) is 8.56. The average molecular weight is 655 g/mol. The summed E-state index contributed by atoms with van der Waals surface area (Å²) < 4.78 is 13.3. The molecule has 252 valence electrons. The molecule has 1 saturated heterocycles. The van der Waals surface area contributed by atoms with Crippen LogP contribution < -0.4 is 11.1 Å². The van der Waals surface area contributed by atoms with Crippen LogP contribution in [0.5, 0.6) is 0 Å². The van der Waals surface area contributed by atoms with E-state index < -0.39 is 17.2 Å². The molecule has 10 nitrogen and oxygen atoms in total. The molecule has 2 aromatic rings. The number of ether oxygens (including phenoxy) is 2. The number of nitrogens with one attached hydrogen (secondary N) is 1. The zero-order valence-electron chi connectivity index (χ0n) is 28.6. The number of allylic oxidation sites excluding steroid dienone is 2. The van der Waals surface area contributed by atoms with E-state index in [1.54, 1.807) is 23.5 Å². The van der Waals surface area contributed by atoms with Crippen molar-refractivity contribution in [1.82, 2.24) is 24.7 Å². The normalized spacial score (nSPS) is 18.2. The number of rotatable bonds is 6.